The van der Waals surface area contributed by atoms with E-state index in [0.717, 1.165) is 45.1 Å². The fourth-order valence-electron chi connectivity index (χ4n) is 2.55. The minimum Gasteiger partial charge on any atom is -0.338 e. The van der Waals surface area contributed by atoms with Crippen LogP contribution >= 0.6 is 0 Å². The van der Waals surface area contributed by atoms with Crippen LogP contribution in [-0.2, 0) is 6.54 Å². The van der Waals surface area contributed by atoms with E-state index in [0.29, 0.717) is 12.4 Å². The summed E-state index contributed by atoms with van der Waals surface area (Å²) in [6, 6.07) is 0.143. The van der Waals surface area contributed by atoms with Gasteiger partial charge in [0.05, 0.1) is 6.54 Å². The second-order valence-corrected chi connectivity index (χ2v) is 5.92. The van der Waals surface area contributed by atoms with Crippen LogP contribution in [0.4, 0.5) is 4.79 Å². The normalized spacial score (nSPS) is 16.3. The van der Waals surface area contributed by atoms with Gasteiger partial charge in [-0.3, -0.25) is 4.90 Å². The third-order valence-corrected chi connectivity index (χ3v) is 4.04. The summed E-state index contributed by atoms with van der Waals surface area (Å²) in [6.07, 6.45) is 0. The number of aromatic nitrogens is 2. The summed E-state index contributed by atoms with van der Waals surface area (Å²) in [7, 11) is 0. The largest absolute Gasteiger partial charge is 0.338 e. The van der Waals surface area contributed by atoms with Crippen LogP contribution in [0.5, 0.6) is 0 Å². The molecule has 0 spiro atoms. The third-order valence-electron chi connectivity index (χ3n) is 4.04. The number of carbonyl (C=O) groups excluding carboxylic acids is 1. The topological polar surface area (TPSA) is 65.7 Å². The van der Waals surface area contributed by atoms with Gasteiger partial charge in [0, 0.05) is 45.2 Å². The lowest BCUT2D eigenvalue weighted by atomic mass is 10.2. The molecule has 1 aliphatic rings. The van der Waals surface area contributed by atoms with Gasteiger partial charge >= 0.3 is 6.03 Å². The summed E-state index contributed by atoms with van der Waals surface area (Å²) in [5, 5.41) is 3.99. The number of rotatable bonds is 5. The Kier molecular flexibility index (Phi) is 5.76. The maximum Gasteiger partial charge on any atom is 0.320 e. The number of hydrogen-bond acceptors (Lipinski definition) is 5. The van der Waals surface area contributed by atoms with E-state index in [1.807, 2.05) is 37.5 Å². The maximum atomic E-state index is 12.3. The van der Waals surface area contributed by atoms with Crippen molar-refractivity contribution in [2.24, 2.45) is 0 Å². The zero-order valence-corrected chi connectivity index (χ0v) is 14.1. The van der Waals surface area contributed by atoms with Gasteiger partial charge in [-0.1, -0.05) is 19.0 Å². The molecule has 0 saturated carbocycles. The van der Waals surface area contributed by atoms with E-state index in [-0.39, 0.29) is 11.9 Å². The molecule has 0 aromatic carbocycles. The van der Waals surface area contributed by atoms with Crippen molar-refractivity contribution in [1.82, 2.24) is 24.8 Å². The summed E-state index contributed by atoms with van der Waals surface area (Å²) >= 11 is 0. The molecule has 7 heteroatoms. The first-order valence-electron chi connectivity index (χ1n) is 8.13. The molecule has 1 saturated heterocycles. The second kappa shape index (κ2) is 7.58. The molecule has 0 aliphatic carbocycles. The van der Waals surface area contributed by atoms with Crippen LogP contribution in [-0.4, -0.2) is 70.1 Å². The molecule has 124 valence electrons. The molecule has 0 bridgehead atoms. The Labute approximate surface area is 132 Å². The third kappa shape index (κ3) is 3.97. The van der Waals surface area contributed by atoms with Crippen molar-refractivity contribution in [3.05, 3.63) is 11.7 Å². The van der Waals surface area contributed by atoms with Crippen molar-refractivity contribution >= 4 is 6.03 Å². The monoisotopic (exact) mass is 309 g/mol. The molecule has 0 atom stereocenters. The van der Waals surface area contributed by atoms with Gasteiger partial charge in [-0.15, -0.1) is 0 Å². The zero-order chi connectivity index (χ0) is 16.1. The smallest absolute Gasteiger partial charge is 0.320 e. The van der Waals surface area contributed by atoms with Crippen molar-refractivity contribution in [1.29, 1.82) is 0 Å². The Hall–Kier alpha value is -1.63. The molecule has 1 aromatic heterocycles. The molecule has 2 rings (SSSR count). The highest BCUT2D eigenvalue weighted by Gasteiger charge is 2.24. The molecule has 0 unspecified atom stereocenters. The van der Waals surface area contributed by atoms with Crippen LogP contribution in [0.25, 0.3) is 0 Å². The van der Waals surface area contributed by atoms with E-state index in [1.54, 1.807) is 0 Å². The second-order valence-electron chi connectivity index (χ2n) is 5.92. The molecule has 1 fully saturated rings. The van der Waals surface area contributed by atoms with Gasteiger partial charge < -0.3 is 14.3 Å². The number of nitrogens with zero attached hydrogens (tertiary/aromatic N) is 5. The standard InChI is InChI=1S/C15H27N5O2/c1-5-19(6-2)15(21)20-9-7-18(8-10-20)11-13-16-14(12(3)4)17-22-13/h12H,5-11H2,1-4H3. The minimum atomic E-state index is 0.143. The van der Waals surface area contributed by atoms with Crippen molar-refractivity contribution in [3.63, 3.8) is 0 Å². The number of carbonyl (C=O) groups is 1. The van der Waals surface area contributed by atoms with E-state index in [9.17, 15) is 4.79 Å². The Bertz CT molecular complexity index is 476. The molecule has 0 N–H and O–H groups in total. The van der Waals surface area contributed by atoms with Gasteiger partial charge in [0.1, 0.15) is 0 Å². The Morgan fingerprint density at radius 2 is 1.86 bits per heavy atom. The number of amides is 2. The first-order chi connectivity index (χ1) is 10.5. The number of urea groups is 1. The highest BCUT2D eigenvalue weighted by molar-refractivity contribution is 5.74. The van der Waals surface area contributed by atoms with Crippen molar-refractivity contribution in [2.45, 2.75) is 40.2 Å². The van der Waals surface area contributed by atoms with E-state index >= 15 is 0 Å². The molecule has 2 amide bonds. The SMILES string of the molecule is CCN(CC)C(=O)N1CCN(Cc2nc(C(C)C)no2)CC1. The van der Waals surface area contributed by atoms with E-state index < -0.39 is 0 Å². The highest BCUT2D eigenvalue weighted by atomic mass is 16.5. The predicted octanol–water partition coefficient (Wildman–Crippen LogP) is 1.77. The van der Waals surface area contributed by atoms with Gasteiger partial charge in [-0.2, -0.15) is 4.98 Å². The van der Waals surface area contributed by atoms with Crippen LogP contribution < -0.4 is 0 Å². The predicted molar refractivity (Wildman–Crippen MR) is 83.6 cm³/mol. The Morgan fingerprint density at radius 3 is 2.36 bits per heavy atom. The Balaban J connectivity index is 1.82. The highest BCUT2D eigenvalue weighted by Crippen LogP contribution is 2.13. The van der Waals surface area contributed by atoms with Gasteiger partial charge in [0.15, 0.2) is 5.82 Å². The molecule has 22 heavy (non-hydrogen) atoms. The first kappa shape index (κ1) is 16.7. The maximum absolute atomic E-state index is 12.3. The van der Waals surface area contributed by atoms with Crippen LogP contribution in [0.1, 0.15) is 45.3 Å². The first-order valence-corrected chi connectivity index (χ1v) is 8.13. The van der Waals surface area contributed by atoms with Gasteiger partial charge in [-0.05, 0) is 13.8 Å². The molecule has 1 aliphatic heterocycles. The molecule has 7 nitrogen and oxygen atoms in total. The molecule has 2 heterocycles. The quantitative estimate of drug-likeness (QED) is 0.829. The lowest BCUT2D eigenvalue weighted by Gasteiger charge is -2.36. The lowest BCUT2D eigenvalue weighted by molar-refractivity contribution is 0.106. The summed E-state index contributed by atoms with van der Waals surface area (Å²) in [6.45, 7) is 13.5. The van der Waals surface area contributed by atoms with Crippen LogP contribution in [0, 0.1) is 0 Å². The molecule has 0 radical (unpaired) electrons. The minimum absolute atomic E-state index is 0.143. The van der Waals surface area contributed by atoms with Crippen LogP contribution in [0.15, 0.2) is 4.52 Å². The molecular weight excluding hydrogens is 282 g/mol. The lowest BCUT2D eigenvalue weighted by Crippen LogP contribution is -2.52. The average molecular weight is 309 g/mol. The zero-order valence-electron chi connectivity index (χ0n) is 14.1. The van der Waals surface area contributed by atoms with Gasteiger partial charge in [-0.25, -0.2) is 4.79 Å². The van der Waals surface area contributed by atoms with Crippen molar-refractivity contribution in [3.8, 4) is 0 Å². The summed E-state index contributed by atoms with van der Waals surface area (Å²) in [5.41, 5.74) is 0. The van der Waals surface area contributed by atoms with Gasteiger partial charge in [0.25, 0.3) is 0 Å². The van der Waals surface area contributed by atoms with Crippen LogP contribution in [0.3, 0.4) is 0 Å². The summed E-state index contributed by atoms with van der Waals surface area (Å²) in [4.78, 5) is 22.7. The average Bonchev–Trinajstić information content (AvgIpc) is 2.98. The van der Waals surface area contributed by atoms with Crippen molar-refractivity contribution in [2.75, 3.05) is 39.3 Å². The Morgan fingerprint density at radius 1 is 1.23 bits per heavy atom. The van der Waals surface area contributed by atoms with Crippen LogP contribution in [0.2, 0.25) is 0 Å². The number of hydrogen-bond donors (Lipinski definition) is 0. The fourth-order valence-corrected chi connectivity index (χ4v) is 2.55. The molecular formula is C15H27N5O2. The summed E-state index contributed by atoms with van der Waals surface area (Å²) in [5.74, 6) is 1.69. The van der Waals surface area contributed by atoms with E-state index in [4.69, 9.17) is 4.52 Å². The molecule has 1 aromatic rings. The van der Waals surface area contributed by atoms with Gasteiger partial charge in [0.2, 0.25) is 5.89 Å². The fraction of sp³-hybridized carbons (Fsp3) is 0.800. The number of piperazine rings is 1. The summed E-state index contributed by atoms with van der Waals surface area (Å²) < 4.78 is 5.28. The van der Waals surface area contributed by atoms with E-state index in [1.165, 1.54) is 0 Å². The van der Waals surface area contributed by atoms with E-state index in [2.05, 4.69) is 15.0 Å². The van der Waals surface area contributed by atoms with Crippen molar-refractivity contribution < 1.29 is 9.32 Å².